The summed E-state index contributed by atoms with van der Waals surface area (Å²) in [6.07, 6.45) is 3.10. The lowest BCUT2D eigenvalue weighted by Crippen LogP contribution is -2.19. The van der Waals surface area contributed by atoms with Crippen LogP contribution in [0.5, 0.6) is 17.2 Å². The topological polar surface area (TPSA) is 99.9 Å². The Bertz CT molecular complexity index is 844. The summed E-state index contributed by atoms with van der Waals surface area (Å²) in [4.78, 5) is 22.9. The van der Waals surface area contributed by atoms with E-state index in [2.05, 4.69) is 5.32 Å². The van der Waals surface area contributed by atoms with E-state index in [1.165, 1.54) is 13.2 Å². The molecule has 0 radical (unpaired) electrons. The molecule has 0 bridgehead atoms. The number of amides is 2. The number of anilines is 1. The van der Waals surface area contributed by atoms with Crippen molar-refractivity contribution in [3.05, 3.63) is 53.6 Å². The normalized spacial score (nSPS) is 10.5. The number of nitrogens with one attached hydrogen (secondary N) is 1. The van der Waals surface area contributed by atoms with Crippen LogP contribution in [-0.2, 0) is 9.59 Å². The lowest BCUT2D eigenvalue weighted by atomic mass is 10.1. The molecule has 0 saturated carbocycles. The van der Waals surface area contributed by atoms with Crippen LogP contribution >= 0.6 is 0 Å². The summed E-state index contributed by atoms with van der Waals surface area (Å²) in [5, 5.41) is 2.81. The van der Waals surface area contributed by atoms with Crippen molar-refractivity contribution in [2.24, 2.45) is 5.73 Å². The van der Waals surface area contributed by atoms with E-state index >= 15 is 0 Å². The van der Waals surface area contributed by atoms with Gasteiger partial charge in [-0.25, -0.2) is 0 Å². The Morgan fingerprint density at radius 1 is 1.07 bits per heavy atom. The van der Waals surface area contributed by atoms with Gasteiger partial charge in [0.25, 0.3) is 5.91 Å². The number of methoxy groups -OCH3 is 2. The van der Waals surface area contributed by atoms with Gasteiger partial charge in [0.1, 0.15) is 5.75 Å². The standard InChI is InChI=1S/C20H22N2O5/c1-13-10-17(25-2)18(26-3)11-16(13)22-20(24)9-6-14-4-7-15(8-5-14)27-12-19(21)23/h4-11H,12H2,1-3H3,(H2,21,23)(H,22,24)/b9-6+. The fourth-order valence-corrected chi connectivity index (χ4v) is 2.29. The molecule has 7 nitrogen and oxygen atoms in total. The lowest BCUT2D eigenvalue weighted by Gasteiger charge is -2.12. The van der Waals surface area contributed by atoms with Crippen molar-refractivity contribution in [3.8, 4) is 17.2 Å². The highest BCUT2D eigenvalue weighted by Crippen LogP contribution is 2.32. The molecule has 2 amide bonds. The summed E-state index contributed by atoms with van der Waals surface area (Å²) < 4.78 is 15.7. The molecule has 142 valence electrons. The summed E-state index contributed by atoms with van der Waals surface area (Å²) in [7, 11) is 3.10. The van der Waals surface area contributed by atoms with E-state index in [1.807, 2.05) is 6.92 Å². The molecule has 0 saturated heterocycles. The molecule has 0 aliphatic carbocycles. The zero-order valence-electron chi connectivity index (χ0n) is 15.4. The molecule has 7 heteroatoms. The number of primary amides is 1. The molecule has 2 rings (SSSR count). The molecule has 0 spiro atoms. The van der Waals surface area contributed by atoms with E-state index in [9.17, 15) is 9.59 Å². The Hall–Kier alpha value is -3.48. The smallest absolute Gasteiger partial charge is 0.255 e. The summed E-state index contributed by atoms with van der Waals surface area (Å²) in [5.74, 6) is 0.841. The molecule has 0 heterocycles. The molecule has 3 N–H and O–H groups in total. The Kier molecular flexibility index (Phi) is 6.82. The van der Waals surface area contributed by atoms with E-state index in [4.69, 9.17) is 19.9 Å². The fraction of sp³-hybridized carbons (Fsp3) is 0.200. The van der Waals surface area contributed by atoms with E-state index in [-0.39, 0.29) is 12.5 Å². The van der Waals surface area contributed by atoms with Gasteiger partial charge in [-0.15, -0.1) is 0 Å². The third kappa shape index (κ3) is 5.78. The monoisotopic (exact) mass is 370 g/mol. The average molecular weight is 370 g/mol. The van der Waals surface area contributed by atoms with Crippen molar-refractivity contribution in [2.75, 3.05) is 26.1 Å². The van der Waals surface area contributed by atoms with Gasteiger partial charge in [0.05, 0.1) is 14.2 Å². The van der Waals surface area contributed by atoms with Gasteiger partial charge in [0.2, 0.25) is 5.91 Å². The quantitative estimate of drug-likeness (QED) is 0.696. The first-order valence-corrected chi connectivity index (χ1v) is 8.15. The molecule has 0 aromatic heterocycles. The van der Waals surface area contributed by atoms with Gasteiger partial charge in [-0.3, -0.25) is 9.59 Å². The van der Waals surface area contributed by atoms with E-state index in [1.54, 1.807) is 49.6 Å². The fourth-order valence-electron chi connectivity index (χ4n) is 2.29. The molecule has 2 aromatic carbocycles. The minimum Gasteiger partial charge on any atom is -0.493 e. The molecular weight excluding hydrogens is 348 g/mol. The molecule has 0 fully saturated rings. The van der Waals surface area contributed by atoms with Crippen LogP contribution < -0.4 is 25.3 Å². The Morgan fingerprint density at radius 3 is 2.30 bits per heavy atom. The van der Waals surface area contributed by atoms with Crippen molar-refractivity contribution in [2.45, 2.75) is 6.92 Å². The summed E-state index contributed by atoms with van der Waals surface area (Å²) in [6.45, 7) is 1.69. The Balaban J connectivity index is 2.02. The maximum atomic E-state index is 12.2. The van der Waals surface area contributed by atoms with Gasteiger partial charge in [-0.1, -0.05) is 12.1 Å². The van der Waals surface area contributed by atoms with Crippen LogP contribution in [0.3, 0.4) is 0 Å². The van der Waals surface area contributed by atoms with Crippen LogP contribution in [0, 0.1) is 6.92 Å². The highest BCUT2D eigenvalue weighted by Gasteiger charge is 2.09. The van der Waals surface area contributed by atoms with Crippen molar-refractivity contribution in [3.63, 3.8) is 0 Å². The number of benzene rings is 2. The minimum atomic E-state index is -0.541. The number of hydrogen-bond donors (Lipinski definition) is 2. The van der Waals surface area contributed by atoms with Crippen molar-refractivity contribution < 1.29 is 23.8 Å². The molecule has 27 heavy (non-hydrogen) atoms. The van der Waals surface area contributed by atoms with Gasteiger partial charge >= 0.3 is 0 Å². The molecule has 2 aromatic rings. The van der Waals surface area contributed by atoms with Crippen molar-refractivity contribution in [1.29, 1.82) is 0 Å². The number of carbonyl (C=O) groups is 2. The predicted octanol–water partition coefficient (Wildman–Crippen LogP) is 2.53. The Morgan fingerprint density at radius 2 is 1.70 bits per heavy atom. The van der Waals surface area contributed by atoms with Crippen LogP contribution in [0.15, 0.2) is 42.5 Å². The summed E-state index contributed by atoms with van der Waals surface area (Å²) in [6, 6.07) is 10.4. The van der Waals surface area contributed by atoms with Crippen LogP contribution in [0.1, 0.15) is 11.1 Å². The highest BCUT2D eigenvalue weighted by atomic mass is 16.5. The third-order valence-corrected chi connectivity index (χ3v) is 3.68. The summed E-state index contributed by atoms with van der Waals surface area (Å²) >= 11 is 0. The first-order valence-electron chi connectivity index (χ1n) is 8.15. The number of nitrogens with two attached hydrogens (primary N) is 1. The third-order valence-electron chi connectivity index (χ3n) is 3.68. The second-order valence-electron chi connectivity index (χ2n) is 5.67. The highest BCUT2D eigenvalue weighted by molar-refractivity contribution is 6.02. The molecule has 0 aliphatic rings. The van der Waals surface area contributed by atoms with Crippen LogP contribution in [0.25, 0.3) is 6.08 Å². The van der Waals surface area contributed by atoms with Crippen molar-refractivity contribution in [1.82, 2.24) is 0 Å². The van der Waals surface area contributed by atoms with Gasteiger partial charge in [0, 0.05) is 17.8 Å². The van der Waals surface area contributed by atoms with Crippen LogP contribution in [0.2, 0.25) is 0 Å². The van der Waals surface area contributed by atoms with Crippen LogP contribution in [0.4, 0.5) is 5.69 Å². The zero-order chi connectivity index (χ0) is 19.8. The minimum absolute atomic E-state index is 0.178. The maximum Gasteiger partial charge on any atom is 0.255 e. The van der Waals surface area contributed by atoms with Crippen molar-refractivity contribution >= 4 is 23.6 Å². The number of rotatable bonds is 8. The van der Waals surface area contributed by atoms with Gasteiger partial charge in [-0.2, -0.15) is 0 Å². The maximum absolute atomic E-state index is 12.2. The number of ether oxygens (including phenoxy) is 3. The first-order chi connectivity index (χ1) is 12.9. The number of carbonyl (C=O) groups excluding carboxylic acids is 2. The lowest BCUT2D eigenvalue weighted by molar-refractivity contribution is -0.120. The zero-order valence-corrected chi connectivity index (χ0v) is 15.4. The number of hydrogen-bond acceptors (Lipinski definition) is 5. The first kappa shape index (κ1) is 19.8. The van der Waals surface area contributed by atoms with E-state index in [0.717, 1.165) is 11.1 Å². The van der Waals surface area contributed by atoms with E-state index in [0.29, 0.717) is 22.9 Å². The van der Waals surface area contributed by atoms with Gasteiger partial charge in [-0.05, 0) is 42.3 Å². The Labute approximate surface area is 157 Å². The molecule has 0 aliphatic heterocycles. The van der Waals surface area contributed by atoms with Gasteiger partial charge in [0.15, 0.2) is 18.1 Å². The average Bonchev–Trinajstić information content (AvgIpc) is 2.66. The van der Waals surface area contributed by atoms with E-state index < -0.39 is 5.91 Å². The SMILES string of the molecule is COc1cc(C)c(NC(=O)/C=C/c2ccc(OCC(N)=O)cc2)cc1OC. The predicted molar refractivity (Wildman–Crippen MR) is 103 cm³/mol. The second kappa shape index (κ2) is 9.28. The van der Waals surface area contributed by atoms with Gasteiger partial charge < -0.3 is 25.3 Å². The molecule has 0 unspecified atom stereocenters. The summed E-state index contributed by atoms with van der Waals surface area (Å²) in [5.41, 5.74) is 7.32. The largest absolute Gasteiger partial charge is 0.493 e. The molecular formula is C20H22N2O5. The number of aryl methyl sites for hydroxylation is 1. The van der Waals surface area contributed by atoms with Crippen LogP contribution in [-0.4, -0.2) is 32.6 Å². The molecule has 0 atom stereocenters. The second-order valence-corrected chi connectivity index (χ2v) is 5.67.